The number of piperidine rings is 1. The van der Waals surface area contributed by atoms with E-state index in [0.717, 1.165) is 43.2 Å². The zero-order valence-corrected chi connectivity index (χ0v) is 13.0. The monoisotopic (exact) mass is 289 g/mol. The maximum Gasteiger partial charge on any atom is 0.139 e. The molecule has 3 rings (SSSR count). The van der Waals surface area contributed by atoms with Crippen molar-refractivity contribution in [3.8, 4) is 0 Å². The first-order valence-corrected chi connectivity index (χ1v) is 8.17. The highest BCUT2D eigenvalue weighted by molar-refractivity contribution is 7.80. The Morgan fingerprint density at radius 1 is 1.40 bits per heavy atom. The molecule has 1 fully saturated rings. The SMILES string of the molecule is CCC1CCN(c2nc3c(cc2C(N)=S)CCC3)CC1. The lowest BCUT2D eigenvalue weighted by atomic mass is 9.94. The van der Waals surface area contributed by atoms with Gasteiger partial charge in [0.1, 0.15) is 10.8 Å². The van der Waals surface area contributed by atoms with Crippen LogP contribution in [-0.2, 0) is 12.8 Å². The van der Waals surface area contributed by atoms with Gasteiger partial charge in [-0.3, -0.25) is 0 Å². The minimum absolute atomic E-state index is 0.486. The quantitative estimate of drug-likeness (QED) is 0.869. The number of anilines is 1. The molecule has 20 heavy (non-hydrogen) atoms. The normalized spacial score (nSPS) is 19.1. The maximum atomic E-state index is 5.93. The van der Waals surface area contributed by atoms with Crippen LogP contribution < -0.4 is 10.6 Å². The zero-order chi connectivity index (χ0) is 14.1. The van der Waals surface area contributed by atoms with Gasteiger partial charge in [0.05, 0.1) is 5.56 Å². The van der Waals surface area contributed by atoms with Crippen LogP contribution >= 0.6 is 12.2 Å². The molecule has 0 saturated carbocycles. The van der Waals surface area contributed by atoms with Crippen LogP contribution in [0.25, 0.3) is 0 Å². The molecule has 0 unspecified atom stereocenters. The standard InChI is InChI=1S/C16H23N3S/c1-2-11-6-8-19(9-7-11)16-13(15(17)20)10-12-4-3-5-14(12)18-16/h10-11H,2-9H2,1H3,(H2,17,20). The van der Waals surface area contributed by atoms with Gasteiger partial charge in [-0.1, -0.05) is 25.6 Å². The first-order chi connectivity index (χ1) is 9.69. The van der Waals surface area contributed by atoms with E-state index in [-0.39, 0.29) is 0 Å². The first-order valence-electron chi connectivity index (χ1n) is 7.76. The Labute approximate surface area is 126 Å². The Morgan fingerprint density at radius 3 is 2.80 bits per heavy atom. The highest BCUT2D eigenvalue weighted by Gasteiger charge is 2.24. The molecule has 0 atom stereocenters. The highest BCUT2D eigenvalue weighted by atomic mass is 32.1. The van der Waals surface area contributed by atoms with Crippen LogP contribution in [0.15, 0.2) is 6.07 Å². The van der Waals surface area contributed by atoms with Crippen LogP contribution in [0.2, 0.25) is 0 Å². The van der Waals surface area contributed by atoms with Gasteiger partial charge in [-0.2, -0.15) is 0 Å². The van der Waals surface area contributed by atoms with E-state index in [2.05, 4.69) is 17.9 Å². The summed E-state index contributed by atoms with van der Waals surface area (Å²) in [5.41, 5.74) is 9.52. The molecule has 2 N–H and O–H groups in total. The van der Waals surface area contributed by atoms with Crippen molar-refractivity contribution in [2.75, 3.05) is 18.0 Å². The molecule has 0 aromatic carbocycles. The van der Waals surface area contributed by atoms with Crippen LogP contribution in [0.1, 0.15) is 49.4 Å². The number of hydrogen-bond donors (Lipinski definition) is 1. The van der Waals surface area contributed by atoms with E-state index >= 15 is 0 Å². The number of nitrogens with zero attached hydrogens (tertiary/aromatic N) is 2. The second-order valence-electron chi connectivity index (χ2n) is 6.02. The van der Waals surface area contributed by atoms with Gasteiger partial charge in [0, 0.05) is 18.8 Å². The molecule has 0 spiro atoms. The zero-order valence-electron chi connectivity index (χ0n) is 12.2. The van der Waals surface area contributed by atoms with Crippen molar-refractivity contribution in [3.63, 3.8) is 0 Å². The highest BCUT2D eigenvalue weighted by Crippen LogP contribution is 2.30. The third-order valence-corrected chi connectivity index (χ3v) is 5.01. The predicted molar refractivity (Wildman–Crippen MR) is 87.4 cm³/mol. The van der Waals surface area contributed by atoms with Gasteiger partial charge in [-0.15, -0.1) is 0 Å². The summed E-state index contributed by atoms with van der Waals surface area (Å²) in [5, 5.41) is 0. The van der Waals surface area contributed by atoms with Crippen molar-refractivity contribution in [3.05, 3.63) is 22.9 Å². The number of rotatable bonds is 3. The van der Waals surface area contributed by atoms with Crippen LogP contribution in [0.5, 0.6) is 0 Å². The molecule has 2 aliphatic rings. The summed E-state index contributed by atoms with van der Waals surface area (Å²) in [6.45, 7) is 4.45. The number of hydrogen-bond acceptors (Lipinski definition) is 3. The summed E-state index contributed by atoms with van der Waals surface area (Å²) >= 11 is 5.25. The second kappa shape index (κ2) is 5.68. The fraction of sp³-hybridized carbons (Fsp3) is 0.625. The fourth-order valence-corrected chi connectivity index (χ4v) is 3.59. The molecule has 1 aliphatic carbocycles. The van der Waals surface area contributed by atoms with Crippen LogP contribution in [0.4, 0.5) is 5.82 Å². The van der Waals surface area contributed by atoms with Gasteiger partial charge in [0.2, 0.25) is 0 Å². The summed E-state index contributed by atoms with van der Waals surface area (Å²) in [6, 6.07) is 2.19. The molecular formula is C16H23N3S. The molecule has 3 nitrogen and oxygen atoms in total. The average molecular weight is 289 g/mol. The topological polar surface area (TPSA) is 42.2 Å². The van der Waals surface area contributed by atoms with E-state index in [1.54, 1.807) is 0 Å². The van der Waals surface area contributed by atoms with E-state index in [0.29, 0.717) is 4.99 Å². The number of thiocarbonyl (C=S) groups is 1. The number of pyridine rings is 1. The number of fused-ring (bicyclic) bond motifs is 1. The Morgan fingerprint density at radius 2 is 2.15 bits per heavy atom. The summed E-state index contributed by atoms with van der Waals surface area (Å²) in [4.78, 5) is 7.78. The van der Waals surface area contributed by atoms with Gasteiger partial charge in [0.15, 0.2) is 0 Å². The lowest BCUT2D eigenvalue weighted by molar-refractivity contribution is 0.393. The van der Waals surface area contributed by atoms with Crippen molar-refractivity contribution in [1.29, 1.82) is 0 Å². The summed E-state index contributed by atoms with van der Waals surface area (Å²) < 4.78 is 0. The summed E-state index contributed by atoms with van der Waals surface area (Å²) in [5.74, 6) is 1.90. The lowest BCUT2D eigenvalue weighted by Crippen LogP contribution is -2.35. The summed E-state index contributed by atoms with van der Waals surface area (Å²) in [7, 11) is 0. The van der Waals surface area contributed by atoms with E-state index in [4.69, 9.17) is 22.9 Å². The Bertz CT molecular complexity index is 519. The van der Waals surface area contributed by atoms with Gasteiger partial charge in [-0.25, -0.2) is 4.98 Å². The van der Waals surface area contributed by atoms with E-state index in [9.17, 15) is 0 Å². The van der Waals surface area contributed by atoms with Crippen LogP contribution in [0.3, 0.4) is 0 Å². The maximum absolute atomic E-state index is 5.93. The van der Waals surface area contributed by atoms with Crippen molar-refractivity contribution >= 4 is 23.0 Å². The molecule has 1 aromatic heterocycles. The molecule has 0 radical (unpaired) electrons. The number of aryl methyl sites for hydroxylation is 2. The molecule has 2 heterocycles. The van der Waals surface area contributed by atoms with Gasteiger partial charge >= 0.3 is 0 Å². The lowest BCUT2D eigenvalue weighted by Gasteiger charge is -2.33. The molecule has 0 bridgehead atoms. The Kier molecular flexibility index (Phi) is 3.92. The van der Waals surface area contributed by atoms with Crippen LogP contribution in [0, 0.1) is 5.92 Å². The average Bonchev–Trinajstić information content (AvgIpc) is 2.93. The van der Waals surface area contributed by atoms with Gasteiger partial charge < -0.3 is 10.6 Å². The van der Waals surface area contributed by atoms with Crippen molar-refractivity contribution < 1.29 is 0 Å². The summed E-state index contributed by atoms with van der Waals surface area (Å²) in [6.07, 6.45) is 7.23. The molecule has 108 valence electrons. The van der Waals surface area contributed by atoms with Crippen molar-refractivity contribution in [2.45, 2.75) is 45.4 Å². The largest absolute Gasteiger partial charge is 0.389 e. The van der Waals surface area contributed by atoms with E-state index in [1.165, 1.54) is 36.9 Å². The fourth-order valence-electron chi connectivity index (χ4n) is 3.44. The number of nitrogens with two attached hydrogens (primary N) is 1. The van der Waals surface area contributed by atoms with E-state index < -0.39 is 0 Å². The minimum atomic E-state index is 0.486. The van der Waals surface area contributed by atoms with Gasteiger partial charge in [0.25, 0.3) is 0 Å². The predicted octanol–water partition coefficient (Wildman–Crippen LogP) is 2.83. The third-order valence-electron chi connectivity index (χ3n) is 4.79. The molecule has 1 saturated heterocycles. The van der Waals surface area contributed by atoms with Crippen molar-refractivity contribution in [2.24, 2.45) is 11.7 Å². The van der Waals surface area contributed by atoms with Crippen LogP contribution in [-0.4, -0.2) is 23.1 Å². The molecule has 0 amide bonds. The molecular weight excluding hydrogens is 266 g/mol. The third kappa shape index (κ3) is 2.53. The Hall–Kier alpha value is -1.16. The smallest absolute Gasteiger partial charge is 0.139 e. The first kappa shape index (κ1) is 13.8. The molecule has 4 heteroatoms. The van der Waals surface area contributed by atoms with E-state index in [1.807, 2.05) is 0 Å². The van der Waals surface area contributed by atoms with Gasteiger partial charge in [-0.05, 0) is 49.7 Å². The number of aromatic nitrogens is 1. The minimum Gasteiger partial charge on any atom is -0.389 e. The molecule has 1 aliphatic heterocycles. The van der Waals surface area contributed by atoms with Crippen molar-refractivity contribution in [1.82, 2.24) is 4.98 Å². The molecule has 1 aromatic rings. The Balaban J connectivity index is 1.90. The second-order valence-corrected chi connectivity index (χ2v) is 6.46.